The molecule has 1 fully saturated rings. The molecule has 1 unspecified atom stereocenters. The van der Waals surface area contributed by atoms with Crippen LogP contribution in [0.1, 0.15) is 17.2 Å². The van der Waals surface area contributed by atoms with Crippen LogP contribution in [0.4, 0.5) is 0 Å². The maximum Gasteiger partial charge on any atom is 0.240 e. The van der Waals surface area contributed by atoms with Gasteiger partial charge in [-0.15, -0.1) is 0 Å². The summed E-state index contributed by atoms with van der Waals surface area (Å²) in [6.45, 7) is 5.28. The summed E-state index contributed by atoms with van der Waals surface area (Å²) < 4.78 is 34.4. The lowest BCUT2D eigenvalue weighted by molar-refractivity contribution is 0.0172. The van der Waals surface area contributed by atoms with Gasteiger partial charge in [-0.05, 0) is 36.8 Å². The predicted octanol–water partition coefficient (Wildman–Crippen LogP) is 3.11. The maximum absolute atomic E-state index is 12.6. The lowest BCUT2D eigenvalue weighted by Crippen LogP contribution is -2.43. The molecule has 1 N–H and O–H groups in total. The highest BCUT2D eigenvalue weighted by molar-refractivity contribution is 9.10. The van der Waals surface area contributed by atoms with Crippen LogP contribution in [0.2, 0.25) is 0 Å². The quantitative estimate of drug-likeness (QED) is 0.752. The van der Waals surface area contributed by atoms with Crippen LogP contribution in [-0.2, 0) is 14.8 Å². The van der Waals surface area contributed by atoms with Crippen molar-refractivity contribution < 1.29 is 13.2 Å². The molecule has 140 valence electrons. The Balaban J connectivity index is 1.78. The van der Waals surface area contributed by atoms with Gasteiger partial charge < -0.3 is 4.74 Å². The second-order valence-corrected chi connectivity index (χ2v) is 9.06. The maximum atomic E-state index is 12.6. The Morgan fingerprint density at radius 2 is 1.69 bits per heavy atom. The van der Waals surface area contributed by atoms with E-state index in [9.17, 15) is 8.42 Å². The first-order valence-electron chi connectivity index (χ1n) is 8.59. The zero-order valence-corrected chi connectivity index (χ0v) is 17.1. The number of halogens is 1. The van der Waals surface area contributed by atoms with Crippen LogP contribution in [0.25, 0.3) is 0 Å². The van der Waals surface area contributed by atoms with E-state index in [1.807, 2.05) is 6.92 Å². The van der Waals surface area contributed by atoms with Crippen LogP contribution >= 0.6 is 15.9 Å². The third kappa shape index (κ3) is 4.92. The largest absolute Gasteiger partial charge is 0.379 e. The highest BCUT2D eigenvalue weighted by Gasteiger charge is 2.25. The molecule has 1 saturated heterocycles. The third-order valence-corrected chi connectivity index (χ3v) is 6.51. The van der Waals surface area contributed by atoms with Gasteiger partial charge in [0.1, 0.15) is 0 Å². The molecule has 1 heterocycles. The smallest absolute Gasteiger partial charge is 0.240 e. The number of nitrogens with zero attached hydrogens (tertiary/aromatic N) is 1. The Bertz CT molecular complexity index is 817. The molecule has 0 spiro atoms. The summed E-state index contributed by atoms with van der Waals surface area (Å²) in [7, 11) is -3.56. The van der Waals surface area contributed by atoms with E-state index in [-0.39, 0.29) is 10.9 Å². The van der Waals surface area contributed by atoms with Gasteiger partial charge in [0.05, 0.1) is 18.1 Å². The standard InChI is InChI=1S/C19H23BrN2O3S/c1-15-2-4-16(5-3-15)19(22-10-12-25-13-11-22)14-21-26(23,24)18-8-6-17(20)7-9-18/h2-9,19,21H,10-14H2,1H3. The van der Waals surface area contributed by atoms with Gasteiger partial charge in [0.15, 0.2) is 0 Å². The van der Waals surface area contributed by atoms with Crippen molar-refractivity contribution in [2.75, 3.05) is 32.8 Å². The van der Waals surface area contributed by atoms with E-state index >= 15 is 0 Å². The summed E-state index contributed by atoms with van der Waals surface area (Å²) in [4.78, 5) is 2.54. The topological polar surface area (TPSA) is 58.6 Å². The fraction of sp³-hybridized carbons (Fsp3) is 0.368. The van der Waals surface area contributed by atoms with Gasteiger partial charge in [-0.3, -0.25) is 4.90 Å². The first-order chi connectivity index (χ1) is 12.5. The number of rotatable bonds is 6. The summed E-state index contributed by atoms with van der Waals surface area (Å²) in [5, 5.41) is 0. The minimum atomic E-state index is -3.56. The van der Waals surface area contributed by atoms with Gasteiger partial charge in [0.2, 0.25) is 10.0 Å². The predicted molar refractivity (Wildman–Crippen MR) is 106 cm³/mol. The van der Waals surface area contributed by atoms with Crippen molar-refractivity contribution in [3.8, 4) is 0 Å². The lowest BCUT2D eigenvalue weighted by Gasteiger charge is -2.35. The molecule has 0 radical (unpaired) electrons. The molecule has 1 aliphatic rings. The third-order valence-electron chi connectivity index (χ3n) is 4.54. The Morgan fingerprint density at radius 1 is 1.08 bits per heavy atom. The van der Waals surface area contributed by atoms with Gasteiger partial charge in [-0.1, -0.05) is 45.8 Å². The second-order valence-electron chi connectivity index (χ2n) is 6.38. The number of morpholine rings is 1. The summed E-state index contributed by atoms with van der Waals surface area (Å²) in [5.41, 5.74) is 2.29. The molecule has 2 aromatic carbocycles. The van der Waals surface area contributed by atoms with E-state index in [1.54, 1.807) is 24.3 Å². The van der Waals surface area contributed by atoms with E-state index in [0.29, 0.717) is 19.8 Å². The molecule has 2 aromatic rings. The van der Waals surface area contributed by atoms with Crippen LogP contribution in [0, 0.1) is 6.92 Å². The molecule has 0 aliphatic carbocycles. The molecule has 1 aliphatic heterocycles. The first kappa shape index (κ1) is 19.5. The molecular weight excluding hydrogens is 416 g/mol. The van der Waals surface area contributed by atoms with Crippen molar-refractivity contribution in [3.63, 3.8) is 0 Å². The van der Waals surface area contributed by atoms with Crippen molar-refractivity contribution >= 4 is 26.0 Å². The van der Waals surface area contributed by atoms with Crippen molar-refractivity contribution in [2.45, 2.75) is 17.9 Å². The van der Waals surface area contributed by atoms with E-state index in [0.717, 1.165) is 23.1 Å². The molecule has 7 heteroatoms. The van der Waals surface area contributed by atoms with Gasteiger partial charge >= 0.3 is 0 Å². The summed E-state index contributed by atoms with van der Waals surface area (Å²) >= 11 is 3.33. The van der Waals surface area contributed by atoms with Gasteiger partial charge in [0.25, 0.3) is 0 Å². The average Bonchev–Trinajstić information content (AvgIpc) is 2.64. The van der Waals surface area contributed by atoms with E-state index < -0.39 is 10.0 Å². The molecule has 26 heavy (non-hydrogen) atoms. The van der Waals surface area contributed by atoms with E-state index in [1.165, 1.54) is 5.56 Å². The van der Waals surface area contributed by atoms with E-state index in [2.05, 4.69) is 49.8 Å². The number of aryl methyl sites for hydroxylation is 1. The number of sulfonamides is 1. The summed E-state index contributed by atoms with van der Waals surface area (Å²) in [6, 6.07) is 14.9. The number of nitrogens with one attached hydrogen (secondary N) is 1. The van der Waals surface area contributed by atoms with Crippen molar-refractivity contribution in [1.82, 2.24) is 9.62 Å². The summed E-state index contributed by atoms with van der Waals surface area (Å²) in [5.74, 6) is 0. The Labute approximate surface area is 163 Å². The SMILES string of the molecule is Cc1ccc(C(CNS(=O)(=O)c2ccc(Br)cc2)N2CCOCC2)cc1. The molecule has 5 nitrogen and oxygen atoms in total. The van der Waals surface area contributed by atoms with Crippen LogP contribution in [0.3, 0.4) is 0 Å². The minimum absolute atomic E-state index is 0.0234. The first-order valence-corrected chi connectivity index (χ1v) is 10.9. The number of benzene rings is 2. The average molecular weight is 439 g/mol. The van der Waals surface area contributed by atoms with Crippen molar-refractivity contribution in [2.24, 2.45) is 0 Å². The molecule has 0 aromatic heterocycles. The lowest BCUT2D eigenvalue weighted by atomic mass is 10.0. The van der Waals surface area contributed by atoms with Crippen LogP contribution in [0.5, 0.6) is 0 Å². The van der Waals surface area contributed by atoms with Gasteiger partial charge in [-0.2, -0.15) is 0 Å². The number of hydrogen-bond acceptors (Lipinski definition) is 4. The molecule has 0 bridgehead atoms. The normalized spacial score (nSPS) is 17.2. The Morgan fingerprint density at radius 3 is 2.31 bits per heavy atom. The number of ether oxygens (including phenoxy) is 1. The molecular formula is C19H23BrN2O3S. The van der Waals surface area contributed by atoms with E-state index in [4.69, 9.17) is 4.74 Å². The monoisotopic (exact) mass is 438 g/mol. The fourth-order valence-electron chi connectivity index (χ4n) is 3.02. The van der Waals surface area contributed by atoms with Crippen molar-refractivity contribution in [3.05, 3.63) is 64.1 Å². The van der Waals surface area contributed by atoms with Gasteiger partial charge in [0, 0.05) is 30.1 Å². The van der Waals surface area contributed by atoms with Crippen molar-refractivity contribution in [1.29, 1.82) is 0 Å². The Kier molecular flexibility index (Phi) is 6.47. The second kappa shape index (κ2) is 8.63. The fourth-order valence-corrected chi connectivity index (χ4v) is 4.32. The Hall–Kier alpha value is -1.25. The van der Waals surface area contributed by atoms with Crippen LogP contribution < -0.4 is 4.72 Å². The van der Waals surface area contributed by atoms with Crippen LogP contribution in [-0.4, -0.2) is 46.2 Å². The highest BCUT2D eigenvalue weighted by atomic mass is 79.9. The zero-order valence-electron chi connectivity index (χ0n) is 14.7. The minimum Gasteiger partial charge on any atom is -0.379 e. The zero-order chi connectivity index (χ0) is 18.6. The molecule has 0 saturated carbocycles. The van der Waals surface area contributed by atoms with Gasteiger partial charge in [-0.25, -0.2) is 13.1 Å². The molecule has 3 rings (SSSR count). The highest BCUT2D eigenvalue weighted by Crippen LogP contribution is 2.23. The number of hydrogen-bond donors (Lipinski definition) is 1. The molecule has 1 atom stereocenters. The summed E-state index contributed by atoms with van der Waals surface area (Å²) in [6.07, 6.45) is 0. The van der Waals surface area contributed by atoms with Crippen LogP contribution in [0.15, 0.2) is 57.9 Å². The molecule has 0 amide bonds.